The number of fused-ring (bicyclic) bond motifs is 1. The summed E-state index contributed by atoms with van der Waals surface area (Å²) in [4.78, 5) is 0. The maximum absolute atomic E-state index is 13.3. The Morgan fingerprint density at radius 3 is 2.70 bits per heavy atom. The lowest BCUT2D eigenvalue weighted by atomic mass is 10.1. The van der Waals surface area contributed by atoms with Gasteiger partial charge in [0, 0.05) is 23.6 Å². The third-order valence-corrected chi connectivity index (χ3v) is 3.56. The Labute approximate surface area is 117 Å². The second kappa shape index (κ2) is 5.47. The minimum atomic E-state index is -0.192. The Morgan fingerprint density at radius 1 is 1.05 bits per heavy atom. The van der Waals surface area contributed by atoms with Crippen LogP contribution in [-0.4, -0.2) is 11.1 Å². The number of nitrogens with zero attached hydrogens (tertiary/aromatic N) is 1. The fraction of sp³-hybridized carbons (Fsp3) is 0.176. The van der Waals surface area contributed by atoms with Crippen LogP contribution in [0, 0.1) is 5.82 Å². The van der Waals surface area contributed by atoms with E-state index >= 15 is 0 Å². The highest BCUT2D eigenvalue weighted by Gasteiger charge is 2.06. The van der Waals surface area contributed by atoms with Gasteiger partial charge in [-0.3, -0.25) is 0 Å². The highest BCUT2D eigenvalue weighted by atomic mass is 19.1. The van der Waals surface area contributed by atoms with Crippen LogP contribution in [0.15, 0.2) is 54.7 Å². The van der Waals surface area contributed by atoms with Crippen LogP contribution in [0.5, 0.6) is 0 Å². The van der Waals surface area contributed by atoms with Gasteiger partial charge in [0.05, 0.1) is 0 Å². The van der Waals surface area contributed by atoms with Crippen molar-refractivity contribution >= 4 is 10.9 Å². The molecule has 0 aliphatic rings. The van der Waals surface area contributed by atoms with Gasteiger partial charge in [-0.2, -0.15) is 0 Å². The predicted octanol–water partition coefficient (Wildman–Crippen LogP) is 3.33. The van der Waals surface area contributed by atoms with Crippen LogP contribution in [0.3, 0.4) is 0 Å². The van der Waals surface area contributed by atoms with E-state index in [1.807, 2.05) is 6.07 Å². The van der Waals surface area contributed by atoms with Gasteiger partial charge < -0.3 is 10.3 Å². The van der Waals surface area contributed by atoms with E-state index in [0.29, 0.717) is 13.1 Å². The van der Waals surface area contributed by atoms with Crippen LogP contribution in [0.25, 0.3) is 10.9 Å². The Kier molecular flexibility index (Phi) is 3.52. The molecular formula is C17H17FN2. The summed E-state index contributed by atoms with van der Waals surface area (Å²) in [5, 5.41) is 1.23. The first-order valence-corrected chi connectivity index (χ1v) is 6.79. The van der Waals surface area contributed by atoms with Crippen LogP contribution in [-0.2, 0) is 13.0 Å². The standard InChI is InChI=1S/C17H17FN2/c18-15-5-1-3-13(11-15)12-20-10-8-16-14(7-9-19)4-2-6-17(16)20/h1-6,8,10-11H,7,9,12,19H2. The van der Waals surface area contributed by atoms with E-state index in [1.165, 1.54) is 22.5 Å². The molecule has 0 saturated heterocycles. The maximum atomic E-state index is 13.3. The summed E-state index contributed by atoms with van der Waals surface area (Å²) in [6, 6.07) is 15.1. The molecule has 1 heterocycles. The summed E-state index contributed by atoms with van der Waals surface area (Å²) in [5.74, 6) is -0.192. The van der Waals surface area contributed by atoms with Crippen molar-refractivity contribution in [2.24, 2.45) is 5.73 Å². The van der Waals surface area contributed by atoms with Gasteiger partial charge in [-0.25, -0.2) is 4.39 Å². The van der Waals surface area contributed by atoms with Crippen molar-refractivity contribution in [2.75, 3.05) is 6.54 Å². The Balaban J connectivity index is 1.98. The molecule has 3 rings (SSSR count). The minimum absolute atomic E-state index is 0.192. The molecule has 0 atom stereocenters. The van der Waals surface area contributed by atoms with E-state index in [0.717, 1.165) is 12.0 Å². The average Bonchev–Trinajstić information content (AvgIpc) is 2.84. The van der Waals surface area contributed by atoms with Gasteiger partial charge in [0.2, 0.25) is 0 Å². The zero-order valence-corrected chi connectivity index (χ0v) is 11.2. The lowest BCUT2D eigenvalue weighted by Crippen LogP contribution is -2.03. The quantitative estimate of drug-likeness (QED) is 0.773. The normalized spacial score (nSPS) is 11.1. The fourth-order valence-corrected chi connectivity index (χ4v) is 2.63. The monoisotopic (exact) mass is 268 g/mol. The van der Waals surface area contributed by atoms with Crippen LogP contribution in [0.1, 0.15) is 11.1 Å². The van der Waals surface area contributed by atoms with Gasteiger partial charge in [-0.15, -0.1) is 0 Å². The van der Waals surface area contributed by atoms with Crippen molar-refractivity contribution in [2.45, 2.75) is 13.0 Å². The molecule has 0 saturated carbocycles. The SMILES string of the molecule is NCCc1cccc2c1ccn2Cc1cccc(F)c1. The van der Waals surface area contributed by atoms with Crippen LogP contribution >= 0.6 is 0 Å². The van der Waals surface area contributed by atoms with Gasteiger partial charge in [-0.1, -0.05) is 24.3 Å². The zero-order valence-electron chi connectivity index (χ0n) is 11.2. The lowest BCUT2D eigenvalue weighted by Gasteiger charge is -2.07. The fourth-order valence-electron chi connectivity index (χ4n) is 2.63. The number of nitrogens with two attached hydrogens (primary N) is 1. The maximum Gasteiger partial charge on any atom is 0.123 e. The smallest absolute Gasteiger partial charge is 0.123 e. The van der Waals surface area contributed by atoms with Crippen LogP contribution in [0.2, 0.25) is 0 Å². The largest absolute Gasteiger partial charge is 0.343 e. The van der Waals surface area contributed by atoms with Crippen molar-refractivity contribution < 1.29 is 4.39 Å². The molecule has 0 fully saturated rings. The first-order chi connectivity index (χ1) is 9.78. The van der Waals surface area contributed by atoms with Gasteiger partial charge in [0.1, 0.15) is 5.82 Å². The molecule has 0 unspecified atom stereocenters. The van der Waals surface area contributed by atoms with Gasteiger partial charge in [0.25, 0.3) is 0 Å². The summed E-state index contributed by atoms with van der Waals surface area (Å²) in [5.41, 5.74) is 9.05. The van der Waals surface area contributed by atoms with Crippen molar-refractivity contribution in [1.29, 1.82) is 0 Å². The molecule has 0 bridgehead atoms. The number of benzene rings is 2. The Hall–Kier alpha value is -2.13. The third-order valence-electron chi connectivity index (χ3n) is 3.56. The molecule has 20 heavy (non-hydrogen) atoms. The van der Waals surface area contributed by atoms with E-state index in [1.54, 1.807) is 12.1 Å². The second-order valence-electron chi connectivity index (χ2n) is 4.96. The van der Waals surface area contributed by atoms with Crippen molar-refractivity contribution in [3.05, 3.63) is 71.7 Å². The summed E-state index contributed by atoms with van der Waals surface area (Å²) in [6.45, 7) is 1.32. The summed E-state index contributed by atoms with van der Waals surface area (Å²) < 4.78 is 15.4. The molecule has 0 aliphatic heterocycles. The van der Waals surface area contributed by atoms with E-state index in [4.69, 9.17) is 5.73 Å². The molecule has 3 aromatic rings. The Morgan fingerprint density at radius 2 is 1.90 bits per heavy atom. The highest BCUT2D eigenvalue weighted by molar-refractivity contribution is 5.83. The molecule has 2 nitrogen and oxygen atoms in total. The molecule has 0 amide bonds. The van der Waals surface area contributed by atoms with E-state index < -0.39 is 0 Å². The summed E-state index contributed by atoms with van der Waals surface area (Å²) >= 11 is 0. The highest BCUT2D eigenvalue weighted by Crippen LogP contribution is 2.21. The molecule has 1 aromatic heterocycles. The molecule has 0 radical (unpaired) electrons. The number of hydrogen-bond acceptors (Lipinski definition) is 1. The number of halogens is 1. The predicted molar refractivity (Wildman–Crippen MR) is 80.2 cm³/mol. The molecule has 0 spiro atoms. The molecule has 0 aliphatic carbocycles. The van der Waals surface area contributed by atoms with Crippen molar-refractivity contribution in [1.82, 2.24) is 4.57 Å². The topological polar surface area (TPSA) is 30.9 Å². The molecule has 2 N–H and O–H groups in total. The zero-order chi connectivity index (χ0) is 13.9. The lowest BCUT2D eigenvalue weighted by molar-refractivity contribution is 0.624. The molecule has 3 heteroatoms. The molecular weight excluding hydrogens is 251 g/mol. The van der Waals surface area contributed by atoms with E-state index in [9.17, 15) is 4.39 Å². The first-order valence-electron chi connectivity index (χ1n) is 6.79. The van der Waals surface area contributed by atoms with Gasteiger partial charge >= 0.3 is 0 Å². The van der Waals surface area contributed by atoms with Crippen molar-refractivity contribution in [3.8, 4) is 0 Å². The minimum Gasteiger partial charge on any atom is -0.343 e. The Bertz CT molecular complexity index is 731. The van der Waals surface area contributed by atoms with Gasteiger partial charge in [0.15, 0.2) is 0 Å². The van der Waals surface area contributed by atoms with Crippen molar-refractivity contribution in [3.63, 3.8) is 0 Å². The number of rotatable bonds is 4. The third kappa shape index (κ3) is 2.45. The number of hydrogen-bond donors (Lipinski definition) is 1. The van der Waals surface area contributed by atoms with Crippen LogP contribution < -0.4 is 5.73 Å². The number of aromatic nitrogens is 1. The second-order valence-corrected chi connectivity index (χ2v) is 4.96. The summed E-state index contributed by atoms with van der Waals surface area (Å²) in [6.07, 6.45) is 2.93. The van der Waals surface area contributed by atoms with E-state index in [2.05, 4.69) is 35.0 Å². The summed E-state index contributed by atoms with van der Waals surface area (Å²) in [7, 11) is 0. The molecule has 2 aromatic carbocycles. The van der Waals surface area contributed by atoms with Crippen LogP contribution in [0.4, 0.5) is 4.39 Å². The van der Waals surface area contributed by atoms with E-state index in [-0.39, 0.29) is 5.82 Å². The average molecular weight is 268 g/mol. The van der Waals surface area contributed by atoms with Gasteiger partial charge in [-0.05, 0) is 48.4 Å². The first kappa shape index (κ1) is 12.9. The molecule has 102 valence electrons.